The molecular formula is C14H14BrN3O3. The predicted molar refractivity (Wildman–Crippen MR) is 81.1 cm³/mol. The van der Waals surface area contributed by atoms with Crippen LogP contribution in [0, 0.1) is 6.92 Å². The molecule has 0 unspecified atom stereocenters. The summed E-state index contributed by atoms with van der Waals surface area (Å²) in [5, 5.41) is 6.70. The number of benzene rings is 1. The third kappa shape index (κ3) is 3.91. The molecule has 0 atom stereocenters. The van der Waals surface area contributed by atoms with Crippen LogP contribution in [-0.4, -0.2) is 28.8 Å². The molecule has 0 aliphatic heterocycles. The first-order valence-electron chi connectivity index (χ1n) is 6.16. The average molecular weight is 352 g/mol. The molecule has 110 valence electrons. The number of carbonyl (C=O) groups excluding carboxylic acids is 2. The van der Waals surface area contributed by atoms with E-state index in [1.807, 2.05) is 13.0 Å². The van der Waals surface area contributed by atoms with E-state index in [-0.39, 0.29) is 12.5 Å². The molecule has 0 saturated carbocycles. The highest BCUT2D eigenvalue weighted by Crippen LogP contribution is 2.18. The molecule has 2 rings (SSSR count). The van der Waals surface area contributed by atoms with Gasteiger partial charge in [0.1, 0.15) is 6.54 Å². The van der Waals surface area contributed by atoms with Crippen molar-refractivity contribution in [3.8, 4) is 0 Å². The summed E-state index contributed by atoms with van der Waals surface area (Å²) in [5.74, 6) is -0.647. The number of esters is 1. The first-order chi connectivity index (χ1) is 9.99. The molecule has 21 heavy (non-hydrogen) atoms. The first-order valence-corrected chi connectivity index (χ1v) is 6.95. The van der Waals surface area contributed by atoms with Crippen molar-refractivity contribution in [2.75, 3.05) is 12.4 Å². The van der Waals surface area contributed by atoms with Crippen LogP contribution in [0.4, 0.5) is 5.69 Å². The molecule has 0 fully saturated rings. The summed E-state index contributed by atoms with van der Waals surface area (Å²) in [5.41, 5.74) is 2.10. The minimum atomic E-state index is -0.404. The summed E-state index contributed by atoms with van der Waals surface area (Å²) < 4.78 is 6.81. The number of methoxy groups -OCH3 is 1. The second kappa shape index (κ2) is 6.53. The Balaban J connectivity index is 2.05. The lowest BCUT2D eigenvalue weighted by molar-refractivity contribution is -0.141. The zero-order valence-electron chi connectivity index (χ0n) is 11.6. The van der Waals surface area contributed by atoms with Crippen molar-refractivity contribution < 1.29 is 14.3 Å². The molecule has 0 radical (unpaired) electrons. The van der Waals surface area contributed by atoms with Gasteiger partial charge in [0.15, 0.2) is 0 Å². The number of halogens is 1. The van der Waals surface area contributed by atoms with Crippen LogP contribution >= 0.6 is 15.9 Å². The zero-order chi connectivity index (χ0) is 15.4. The third-order valence-corrected chi connectivity index (χ3v) is 3.70. The number of hydrogen-bond donors (Lipinski definition) is 1. The number of ether oxygens (including phenoxy) is 1. The van der Waals surface area contributed by atoms with E-state index >= 15 is 0 Å². The van der Waals surface area contributed by atoms with Gasteiger partial charge in [-0.1, -0.05) is 22.0 Å². The van der Waals surface area contributed by atoms with Gasteiger partial charge < -0.3 is 10.1 Å². The summed E-state index contributed by atoms with van der Waals surface area (Å²) >= 11 is 3.39. The van der Waals surface area contributed by atoms with Crippen molar-refractivity contribution >= 4 is 33.5 Å². The van der Waals surface area contributed by atoms with Crippen LogP contribution in [0.25, 0.3) is 0 Å². The fraction of sp³-hybridized carbons (Fsp3) is 0.214. The maximum atomic E-state index is 12.1. The van der Waals surface area contributed by atoms with Crippen LogP contribution in [0.1, 0.15) is 15.9 Å². The number of nitrogens with one attached hydrogen (secondary N) is 1. The highest BCUT2D eigenvalue weighted by molar-refractivity contribution is 9.10. The lowest BCUT2D eigenvalue weighted by atomic mass is 10.1. The predicted octanol–water partition coefficient (Wildman–Crippen LogP) is 2.38. The van der Waals surface area contributed by atoms with Gasteiger partial charge in [-0.25, -0.2) is 0 Å². The molecule has 6 nitrogen and oxygen atoms in total. The van der Waals surface area contributed by atoms with Gasteiger partial charge in [0, 0.05) is 16.2 Å². The number of aryl methyl sites for hydroxylation is 1. The SMILES string of the molecule is COC(=O)Cn1cc(NC(=O)c2ccc(C)c(Br)c2)cn1. The van der Waals surface area contributed by atoms with Crippen LogP contribution < -0.4 is 5.32 Å². The van der Waals surface area contributed by atoms with Crippen LogP contribution in [0.15, 0.2) is 35.1 Å². The van der Waals surface area contributed by atoms with Crippen LogP contribution in [-0.2, 0) is 16.1 Å². The quantitative estimate of drug-likeness (QED) is 0.858. The lowest BCUT2D eigenvalue weighted by Crippen LogP contribution is -2.13. The smallest absolute Gasteiger partial charge is 0.327 e. The summed E-state index contributed by atoms with van der Waals surface area (Å²) in [6, 6.07) is 5.36. The molecule has 0 spiro atoms. The van der Waals surface area contributed by atoms with Gasteiger partial charge in [-0.2, -0.15) is 5.10 Å². The number of hydrogen-bond acceptors (Lipinski definition) is 4. The van der Waals surface area contributed by atoms with Gasteiger partial charge >= 0.3 is 5.97 Å². The molecule has 7 heteroatoms. The van der Waals surface area contributed by atoms with Crippen molar-refractivity contribution in [1.29, 1.82) is 0 Å². The van der Waals surface area contributed by atoms with Crippen LogP contribution in [0.2, 0.25) is 0 Å². The van der Waals surface area contributed by atoms with E-state index in [0.717, 1.165) is 10.0 Å². The van der Waals surface area contributed by atoms with E-state index in [1.54, 1.807) is 18.3 Å². The maximum Gasteiger partial charge on any atom is 0.327 e. The molecule has 1 N–H and O–H groups in total. The van der Waals surface area contributed by atoms with Gasteiger partial charge in [-0.15, -0.1) is 0 Å². The number of rotatable bonds is 4. The highest BCUT2D eigenvalue weighted by Gasteiger charge is 2.10. The molecule has 2 aromatic rings. The Morgan fingerprint density at radius 3 is 2.86 bits per heavy atom. The minimum Gasteiger partial charge on any atom is -0.468 e. The summed E-state index contributed by atoms with van der Waals surface area (Å²) in [7, 11) is 1.31. The first kappa shape index (κ1) is 15.2. The van der Waals surface area contributed by atoms with Gasteiger partial charge in [0.2, 0.25) is 0 Å². The monoisotopic (exact) mass is 351 g/mol. The topological polar surface area (TPSA) is 73.2 Å². The van der Waals surface area contributed by atoms with Crippen LogP contribution in [0.3, 0.4) is 0 Å². The molecule has 0 bridgehead atoms. The van der Waals surface area contributed by atoms with E-state index in [4.69, 9.17) is 0 Å². The van der Waals surface area contributed by atoms with E-state index in [0.29, 0.717) is 11.3 Å². The van der Waals surface area contributed by atoms with Gasteiger partial charge in [-0.05, 0) is 24.6 Å². The molecule has 1 heterocycles. The van der Waals surface area contributed by atoms with Crippen LogP contribution in [0.5, 0.6) is 0 Å². The molecule has 0 aliphatic carbocycles. The molecular weight excluding hydrogens is 338 g/mol. The second-order valence-corrected chi connectivity index (χ2v) is 5.28. The van der Waals surface area contributed by atoms with Gasteiger partial charge in [0.05, 0.1) is 19.0 Å². The Hall–Kier alpha value is -2.15. The van der Waals surface area contributed by atoms with Gasteiger partial charge in [-0.3, -0.25) is 14.3 Å². The third-order valence-electron chi connectivity index (χ3n) is 2.84. The summed E-state index contributed by atoms with van der Waals surface area (Å²) in [6.07, 6.45) is 3.04. The standard InChI is InChI=1S/C14H14BrN3O3/c1-9-3-4-10(5-12(9)15)14(20)17-11-6-16-18(7-11)8-13(19)21-2/h3-7H,8H2,1-2H3,(H,17,20). The van der Waals surface area contributed by atoms with Gasteiger partial charge in [0.25, 0.3) is 5.91 Å². The Labute approximate surface area is 130 Å². The number of anilines is 1. The molecule has 1 aromatic heterocycles. The number of carbonyl (C=O) groups is 2. The zero-order valence-corrected chi connectivity index (χ0v) is 13.2. The maximum absolute atomic E-state index is 12.1. The van der Waals surface area contributed by atoms with E-state index in [1.165, 1.54) is 18.0 Å². The average Bonchev–Trinajstić information content (AvgIpc) is 2.88. The van der Waals surface area contributed by atoms with E-state index in [9.17, 15) is 9.59 Å². The lowest BCUT2D eigenvalue weighted by Gasteiger charge is -2.04. The molecule has 0 aliphatic rings. The van der Waals surface area contributed by atoms with Crippen molar-refractivity contribution in [3.05, 3.63) is 46.2 Å². The summed E-state index contributed by atoms with van der Waals surface area (Å²) in [4.78, 5) is 23.2. The molecule has 1 aromatic carbocycles. The second-order valence-electron chi connectivity index (χ2n) is 4.42. The number of amides is 1. The van der Waals surface area contributed by atoms with E-state index < -0.39 is 5.97 Å². The normalized spacial score (nSPS) is 10.2. The van der Waals surface area contributed by atoms with Crippen molar-refractivity contribution in [2.45, 2.75) is 13.5 Å². The fourth-order valence-corrected chi connectivity index (χ4v) is 2.03. The van der Waals surface area contributed by atoms with Crippen molar-refractivity contribution in [2.24, 2.45) is 0 Å². The van der Waals surface area contributed by atoms with E-state index in [2.05, 4.69) is 31.1 Å². The Morgan fingerprint density at radius 1 is 1.43 bits per heavy atom. The number of aromatic nitrogens is 2. The number of nitrogens with zero attached hydrogens (tertiary/aromatic N) is 2. The summed E-state index contributed by atoms with van der Waals surface area (Å²) in [6.45, 7) is 1.95. The van der Waals surface area contributed by atoms with Crippen molar-refractivity contribution in [3.63, 3.8) is 0 Å². The highest BCUT2D eigenvalue weighted by atomic mass is 79.9. The molecule has 0 saturated heterocycles. The Kier molecular flexibility index (Phi) is 4.74. The Bertz CT molecular complexity index is 682. The van der Waals surface area contributed by atoms with Crippen molar-refractivity contribution in [1.82, 2.24) is 9.78 Å². The largest absolute Gasteiger partial charge is 0.468 e. The molecule has 1 amide bonds. The minimum absolute atomic E-state index is 0.00243. The fourth-order valence-electron chi connectivity index (χ4n) is 1.65. The Morgan fingerprint density at radius 2 is 2.19 bits per heavy atom.